The van der Waals surface area contributed by atoms with Gasteiger partial charge in [-0.1, -0.05) is 37.1 Å². The average molecular weight is 399 g/mol. The van der Waals surface area contributed by atoms with Crippen LogP contribution in [-0.2, 0) is 0 Å². The number of hydrogen-bond acceptors (Lipinski definition) is 5. The van der Waals surface area contributed by atoms with Gasteiger partial charge in [-0.3, -0.25) is 4.99 Å². The van der Waals surface area contributed by atoms with Gasteiger partial charge in [-0.25, -0.2) is 15.0 Å². The van der Waals surface area contributed by atoms with Crippen LogP contribution < -0.4 is 5.73 Å². The zero-order valence-electron chi connectivity index (χ0n) is 17.2. The minimum absolute atomic E-state index is 0.112. The van der Waals surface area contributed by atoms with Crippen molar-refractivity contribution >= 4 is 11.3 Å². The second-order valence-electron chi connectivity index (χ2n) is 8.28. The number of rotatable bonds is 5. The predicted octanol–water partition coefficient (Wildman–Crippen LogP) is 4.93. The number of nitrogens with two attached hydrogens (primary N) is 1. The Bertz CT molecular complexity index is 1080. The lowest BCUT2D eigenvalue weighted by atomic mass is 9.95. The van der Waals surface area contributed by atoms with E-state index in [0.29, 0.717) is 5.92 Å². The molecule has 0 spiro atoms. The first-order chi connectivity index (χ1) is 14.7. The molecule has 0 unspecified atom stereocenters. The van der Waals surface area contributed by atoms with E-state index in [2.05, 4.69) is 19.9 Å². The number of aliphatic imine (C=N–C) groups is 1. The summed E-state index contributed by atoms with van der Waals surface area (Å²) in [5.74, 6) is 2.19. The number of allylic oxidation sites excluding steroid dienone is 1. The molecule has 0 saturated heterocycles. The van der Waals surface area contributed by atoms with Gasteiger partial charge in [0.25, 0.3) is 0 Å². The third-order valence-corrected chi connectivity index (χ3v) is 6.09. The number of nitrogens with one attached hydrogen (secondary N) is 1. The van der Waals surface area contributed by atoms with Crippen molar-refractivity contribution in [2.45, 2.75) is 45.1 Å². The maximum absolute atomic E-state index is 5.88. The molecule has 5 rings (SSSR count). The first-order valence-electron chi connectivity index (χ1n) is 10.7. The molecule has 6 heteroatoms. The summed E-state index contributed by atoms with van der Waals surface area (Å²) < 4.78 is 0. The van der Waals surface area contributed by atoms with Crippen LogP contribution in [0, 0.1) is 5.92 Å². The van der Waals surface area contributed by atoms with Gasteiger partial charge < -0.3 is 10.7 Å². The van der Waals surface area contributed by atoms with Crippen LogP contribution >= 0.6 is 0 Å². The lowest BCUT2D eigenvalue weighted by Gasteiger charge is -2.10. The summed E-state index contributed by atoms with van der Waals surface area (Å²) in [5.41, 5.74) is 12.5. The highest BCUT2D eigenvalue weighted by Crippen LogP contribution is 2.33. The maximum atomic E-state index is 5.88. The van der Waals surface area contributed by atoms with Crippen LogP contribution in [0.15, 0.2) is 54.0 Å². The lowest BCUT2D eigenvalue weighted by molar-refractivity contribution is 0.722. The van der Waals surface area contributed by atoms with Crippen molar-refractivity contribution < 1.29 is 0 Å². The molecule has 0 bridgehead atoms. The van der Waals surface area contributed by atoms with Gasteiger partial charge in [0, 0.05) is 41.9 Å². The van der Waals surface area contributed by atoms with Gasteiger partial charge in [0.2, 0.25) is 0 Å². The standard InChI is InChI=1S/C24H26N6/c1-15(25)23-29-14-22(30-23)17-6-8-18(9-7-17)24-27-12-20(13-28-24)19-10-21(26-11-19)16-4-2-3-5-16/h6-9,11-16H,2-5,10,25H2,1H3,(H,29,30)/t15-/m0/s1. The van der Waals surface area contributed by atoms with Crippen molar-refractivity contribution in [3.63, 3.8) is 0 Å². The SMILES string of the molecule is C[C@H](N)c1ncc(-c2ccc(-c3ncc(C4=CN=C(C5CCCC5)C4)cn3)cc2)[nH]1. The Kier molecular flexibility index (Phi) is 5.01. The molecule has 152 valence electrons. The zero-order valence-corrected chi connectivity index (χ0v) is 17.2. The van der Waals surface area contributed by atoms with Crippen LogP contribution in [0.3, 0.4) is 0 Å². The van der Waals surface area contributed by atoms with E-state index in [1.807, 2.05) is 56.0 Å². The molecular weight excluding hydrogens is 372 g/mol. The van der Waals surface area contributed by atoms with Gasteiger partial charge in [-0.15, -0.1) is 0 Å². The number of hydrogen-bond donors (Lipinski definition) is 2. The molecule has 1 atom stereocenters. The van der Waals surface area contributed by atoms with Gasteiger partial charge in [0.1, 0.15) is 5.82 Å². The normalized spacial score (nSPS) is 17.8. The van der Waals surface area contributed by atoms with Gasteiger partial charge in [-0.05, 0) is 36.8 Å². The fraction of sp³-hybridized carbons (Fsp3) is 0.333. The Hall–Kier alpha value is -3.12. The average Bonchev–Trinajstić information content (AvgIpc) is 3.55. The van der Waals surface area contributed by atoms with Crippen LogP contribution in [0.5, 0.6) is 0 Å². The fourth-order valence-corrected chi connectivity index (χ4v) is 4.29. The molecule has 30 heavy (non-hydrogen) atoms. The molecule has 1 aliphatic heterocycles. The van der Waals surface area contributed by atoms with Crippen LogP contribution in [-0.4, -0.2) is 25.6 Å². The first kappa shape index (κ1) is 18.9. The van der Waals surface area contributed by atoms with E-state index in [9.17, 15) is 0 Å². The molecule has 0 radical (unpaired) electrons. The third kappa shape index (κ3) is 3.71. The van der Waals surface area contributed by atoms with E-state index in [4.69, 9.17) is 10.7 Å². The summed E-state index contributed by atoms with van der Waals surface area (Å²) in [5, 5.41) is 0. The molecule has 1 aromatic carbocycles. The predicted molar refractivity (Wildman–Crippen MR) is 120 cm³/mol. The largest absolute Gasteiger partial charge is 0.341 e. The number of benzene rings is 1. The van der Waals surface area contributed by atoms with Crippen LogP contribution in [0.1, 0.15) is 56.5 Å². The summed E-state index contributed by atoms with van der Waals surface area (Å²) in [6.45, 7) is 1.91. The number of imidazole rings is 1. The highest BCUT2D eigenvalue weighted by molar-refractivity contribution is 5.99. The van der Waals surface area contributed by atoms with Gasteiger partial charge in [-0.2, -0.15) is 0 Å². The van der Waals surface area contributed by atoms with Crippen molar-refractivity contribution in [1.82, 2.24) is 19.9 Å². The Morgan fingerprint density at radius 3 is 2.30 bits per heavy atom. The highest BCUT2D eigenvalue weighted by Gasteiger charge is 2.24. The number of H-pyrrole nitrogens is 1. The minimum atomic E-state index is -0.112. The summed E-state index contributed by atoms with van der Waals surface area (Å²) in [7, 11) is 0. The molecule has 3 heterocycles. The lowest BCUT2D eigenvalue weighted by Crippen LogP contribution is -2.08. The van der Waals surface area contributed by atoms with E-state index in [0.717, 1.165) is 40.5 Å². The molecule has 3 aromatic rings. The summed E-state index contributed by atoms with van der Waals surface area (Å²) in [4.78, 5) is 21.5. The zero-order chi connectivity index (χ0) is 20.5. The van der Waals surface area contributed by atoms with E-state index in [1.165, 1.54) is 37.0 Å². The Labute approximate surface area is 176 Å². The molecule has 2 aromatic heterocycles. The van der Waals surface area contributed by atoms with E-state index in [1.54, 1.807) is 0 Å². The molecule has 1 fully saturated rings. The Balaban J connectivity index is 1.27. The summed E-state index contributed by atoms with van der Waals surface area (Å²) in [6, 6.07) is 8.05. The molecule has 6 nitrogen and oxygen atoms in total. The van der Waals surface area contributed by atoms with E-state index >= 15 is 0 Å². The number of aromatic amines is 1. The Morgan fingerprint density at radius 2 is 1.63 bits per heavy atom. The summed E-state index contributed by atoms with van der Waals surface area (Å²) >= 11 is 0. The summed E-state index contributed by atoms with van der Waals surface area (Å²) in [6.07, 6.45) is 13.8. The van der Waals surface area contributed by atoms with Crippen molar-refractivity contribution in [2.24, 2.45) is 16.6 Å². The monoisotopic (exact) mass is 398 g/mol. The third-order valence-electron chi connectivity index (χ3n) is 6.09. The topological polar surface area (TPSA) is 92.8 Å². The smallest absolute Gasteiger partial charge is 0.159 e. The maximum Gasteiger partial charge on any atom is 0.159 e. The van der Waals surface area contributed by atoms with Crippen LogP contribution in [0.25, 0.3) is 28.2 Å². The Morgan fingerprint density at radius 1 is 0.933 bits per heavy atom. The van der Waals surface area contributed by atoms with Gasteiger partial charge in [0.05, 0.1) is 17.9 Å². The van der Waals surface area contributed by atoms with Crippen molar-refractivity contribution in [3.05, 3.63) is 60.4 Å². The molecular formula is C24H26N6. The highest BCUT2D eigenvalue weighted by atomic mass is 15.0. The van der Waals surface area contributed by atoms with Crippen molar-refractivity contribution in [3.8, 4) is 22.6 Å². The van der Waals surface area contributed by atoms with Gasteiger partial charge >= 0.3 is 0 Å². The fourth-order valence-electron chi connectivity index (χ4n) is 4.29. The van der Waals surface area contributed by atoms with E-state index in [-0.39, 0.29) is 6.04 Å². The molecule has 2 aliphatic rings. The molecule has 1 aliphatic carbocycles. The first-order valence-corrected chi connectivity index (χ1v) is 10.7. The van der Waals surface area contributed by atoms with Crippen LogP contribution in [0.2, 0.25) is 0 Å². The van der Waals surface area contributed by atoms with Crippen molar-refractivity contribution in [2.75, 3.05) is 0 Å². The quantitative estimate of drug-likeness (QED) is 0.637. The van der Waals surface area contributed by atoms with Crippen LogP contribution in [0.4, 0.5) is 0 Å². The molecule has 3 N–H and O–H groups in total. The number of aromatic nitrogens is 4. The second kappa shape index (κ2) is 7.95. The number of nitrogens with zero attached hydrogens (tertiary/aromatic N) is 4. The van der Waals surface area contributed by atoms with E-state index < -0.39 is 0 Å². The second-order valence-corrected chi connectivity index (χ2v) is 8.28. The van der Waals surface area contributed by atoms with Gasteiger partial charge in [0.15, 0.2) is 5.82 Å². The minimum Gasteiger partial charge on any atom is -0.341 e. The molecule has 0 amide bonds. The van der Waals surface area contributed by atoms with Crippen molar-refractivity contribution in [1.29, 1.82) is 0 Å². The molecule has 1 saturated carbocycles.